The maximum atomic E-state index is 9.77. The van der Waals surface area contributed by atoms with Crippen LogP contribution < -0.4 is 4.74 Å². The summed E-state index contributed by atoms with van der Waals surface area (Å²) in [5, 5.41) is 19.5. The molecule has 2 aromatic carbocycles. The van der Waals surface area contributed by atoms with E-state index in [0.29, 0.717) is 24.3 Å². The summed E-state index contributed by atoms with van der Waals surface area (Å²) in [5.74, 6) is 1.22. The summed E-state index contributed by atoms with van der Waals surface area (Å²) >= 11 is 21.4. The minimum atomic E-state index is -0.478. The molecule has 0 fully saturated rings. The van der Waals surface area contributed by atoms with Crippen LogP contribution in [0.5, 0.6) is 11.5 Å². The van der Waals surface area contributed by atoms with Gasteiger partial charge in [-0.3, -0.25) is 0 Å². The molecule has 0 amide bonds. The number of aliphatic hydroxyl groups excluding tert-OH is 2. The molecule has 2 N–H and O–H groups in total. The van der Waals surface area contributed by atoms with Crippen LogP contribution in [0.4, 0.5) is 0 Å². The molecular weight excluding hydrogens is 744 g/mol. The fraction of sp³-hybridized carbons (Fsp3) is 0.333. The van der Waals surface area contributed by atoms with Crippen LogP contribution in [0.25, 0.3) is 0 Å². The Hall–Kier alpha value is 1.04. The Morgan fingerprint density at radius 2 is 1.00 bits per heavy atom. The number of hydrogen-bond donors (Lipinski definition) is 2. The van der Waals surface area contributed by atoms with E-state index in [-0.39, 0.29) is 0 Å². The van der Waals surface area contributed by atoms with E-state index in [9.17, 15) is 10.2 Å². The van der Waals surface area contributed by atoms with E-state index < -0.39 is 12.2 Å². The van der Waals surface area contributed by atoms with E-state index in [1.807, 2.05) is 12.1 Å². The molecule has 0 saturated heterocycles. The van der Waals surface area contributed by atoms with Crippen molar-refractivity contribution in [2.75, 3.05) is 0 Å². The zero-order valence-electron chi connectivity index (χ0n) is 14.3. The Labute approximate surface area is 209 Å². The lowest BCUT2D eigenvalue weighted by Gasteiger charge is -2.18. The Kier molecular flexibility index (Phi) is 9.34. The van der Waals surface area contributed by atoms with Gasteiger partial charge in [0.1, 0.15) is 11.5 Å². The molecule has 0 heterocycles. The first-order chi connectivity index (χ1) is 12.5. The monoisotopic (exact) mass is 754 g/mol. The maximum absolute atomic E-state index is 9.77. The van der Waals surface area contributed by atoms with Crippen LogP contribution in [0.3, 0.4) is 0 Å². The molecule has 3 nitrogen and oxygen atoms in total. The van der Waals surface area contributed by atoms with Gasteiger partial charge in [0.25, 0.3) is 0 Å². The van der Waals surface area contributed by atoms with Gasteiger partial charge in [0.05, 0.1) is 21.2 Å². The predicted molar refractivity (Wildman–Crippen MR) is 130 cm³/mol. The highest BCUT2D eigenvalue weighted by Gasteiger charge is 2.20. The maximum Gasteiger partial charge on any atom is 0.143 e. The summed E-state index contributed by atoms with van der Waals surface area (Å²) in [7, 11) is 0. The molecule has 2 atom stereocenters. The summed E-state index contributed by atoms with van der Waals surface area (Å²) in [6, 6.07) is 3.78. The topological polar surface area (TPSA) is 49.7 Å². The zero-order valence-corrected chi connectivity index (χ0v) is 23.8. The quantitative estimate of drug-likeness (QED) is 0.295. The fourth-order valence-electron chi connectivity index (χ4n) is 2.46. The van der Waals surface area contributed by atoms with E-state index in [1.165, 1.54) is 0 Å². The number of halogens is 6. The van der Waals surface area contributed by atoms with Crippen LogP contribution in [0.15, 0.2) is 39.0 Å². The third-order valence-electron chi connectivity index (χ3n) is 3.63. The Bertz CT molecular complexity index is 782. The highest BCUT2D eigenvalue weighted by atomic mass is 79.9. The van der Waals surface area contributed by atoms with E-state index in [2.05, 4.69) is 95.6 Å². The lowest BCUT2D eigenvalue weighted by atomic mass is 10.1. The Morgan fingerprint density at radius 1 is 0.667 bits per heavy atom. The van der Waals surface area contributed by atoms with Gasteiger partial charge in [-0.1, -0.05) is 0 Å². The van der Waals surface area contributed by atoms with Gasteiger partial charge in [0.2, 0.25) is 0 Å². The summed E-state index contributed by atoms with van der Waals surface area (Å²) < 4.78 is 11.1. The number of ether oxygens (including phenoxy) is 1. The normalized spacial score (nSPS) is 13.6. The Morgan fingerprint density at radius 3 is 1.30 bits per heavy atom. The molecule has 2 rings (SSSR count). The second-order valence-electron chi connectivity index (χ2n) is 6.16. The van der Waals surface area contributed by atoms with Gasteiger partial charge >= 0.3 is 0 Å². The van der Waals surface area contributed by atoms with Crippen molar-refractivity contribution in [1.29, 1.82) is 0 Å². The van der Waals surface area contributed by atoms with Crippen LogP contribution in [0, 0.1) is 0 Å². The lowest BCUT2D eigenvalue weighted by Crippen LogP contribution is -2.06. The van der Waals surface area contributed by atoms with Crippen LogP contribution >= 0.6 is 95.6 Å². The molecule has 9 heteroatoms. The molecule has 0 radical (unpaired) electrons. The molecule has 0 aliphatic carbocycles. The van der Waals surface area contributed by atoms with Gasteiger partial charge in [0, 0.05) is 17.9 Å². The second kappa shape index (κ2) is 10.4. The molecule has 27 heavy (non-hydrogen) atoms. The number of benzene rings is 2. The summed E-state index contributed by atoms with van der Waals surface area (Å²) in [6.07, 6.45) is 0.0182. The van der Waals surface area contributed by atoms with Crippen LogP contribution in [0.2, 0.25) is 0 Å². The summed E-state index contributed by atoms with van der Waals surface area (Å²) in [6.45, 7) is 3.49. The van der Waals surface area contributed by atoms with Crippen LogP contribution in [-0.2, 0) is 12.8 Å². The minimum absolute atomic E-state index is 0.478. The molecule has 2 aromatic rings. The number of aliphatic hydroxyl groups is 2. The third kappa shape index (κ3) is 6.03. The van der Waals surface area contributed by atoms with Gasteiger partial charge in [-0.15, -0.1) is 0 Å². The molecule has 0 aliphatic heterocycles. The van der Waals surface area contributed by atoms with Crippen molar-refractivity contribution in [3.8, 4) is 11.5 Å². The van der Waals surface area contributed by atoms with Gasteiger partial charge in [-0.2, -0.15) is 0 Å². The van der Waals surface area contributed by atoms with Gasteiger partial charge in [-0.25, -0.2) is 0 Å². The van der Waals surface area contributed by atoms with Crippen LogP contribution in [-0.4, -0.2) is 22.4 Å². The van der Waals surface area contributed by atoms with Crippen molar-refractivity contribution in [2.24, 2.45) is 0 Å². The second-order valence-corrected chi connectivity index (χ2v) is 10.9. The van der Waals surface area contributed by atoms with Crippen molar-refractivity contribution in [3.63, 3.8) is 0 Å². The Balaban J connectivity index is 2.53. The first kappa shape index (κ1) is 24.3. The van der Waals surface area contributed by atoms with E-state index in [4.69, 9.17) is 4.74 Å². The molecule has 0 aliphatic rings. The largest absolute Gasteiger partial charge is 0.455 e. The number of rotatable bonds is 6. The fourth-order valence-corrected chi connectivity index (χ4v) is 5.63. The lowest BCUT2D eigenvalue weighted by molar-refractivity contribution is 0.195. The van der Waals surface area contributed by atoms with Gasteiger partial charge in [0.15, 0.2) is 0 Å². The van der Waals surface area contributed by atoms with E-state index in [0.717, 1.165) is 38.0 Å². The highest BCUT2D eigenvalue weighted by Crippen LogP contribution is 2.46. The minimum Gasteiger partial charge on any atom is -0.455 e. The first-order valence-corrected chi connectivity index (χ1v) is 12.6. The van der Waals surface area contributed by atoms with Crippen molar-refractivity contribution >= 4 is 95.6 Å². The third-order valence-corrected chi connectivity index (χ3v) is 10.7. The molecule has 148 valence electrons. The summed E-state index contributed by atoms with van der Waals surface area (Å²) in [5.41, 5.74) is 1.85. The molecule has 0 bridgehead atoms. The van der Waals surface area contributed by atoms with Crippen molar-refractivity contribution in [2.45, 2.75) is 38.9 Å². The average Bonchev–Trinajstić information content (AvgIpc) is 2.58. The standard InChI is InChI=1S/C18H16Br6O3/c1-7(25)3-9-5-11(15(21)17(23)13(9)19)27-12-6-10(4-8(2)26)14(20)18(24)16(12)22/h5-8,25-26H,3-4H2,1-2H3. The van der Waals surface area contributed by atoms with Gasteiger partial charge < -0.3 is 14.9 Å². The smallest absolute Gasteiger partial charge is 0.143 e. The molecule has 0 saturated carbocycles. The highest BCUT2D eigenvalue weighted by molar-refractivity contribution is 9.15. The van der Waals surface area contributed by atoms with Crippen molar-refractivity contribution in [1.82, 2.24) is 0 Å². The predicted octanol–water partition coefficient (Wildman–Crippen LogP) is 7.90. The first-order valence-electron chi connectivity index (χ1n) is 7.89. The molecule has 0 aromatic heterocycles. The molecular formula is C18H16Br6O3. The average molecular weight is 760 g/mol. The van der Waals surface area contributed by atoms with Crippen molar-refractivity contribution < 1.29 is 14.9 Å². The van der Waals surface area contributed by atoms with Crippen LogP contribution in [0.1, 0.15) is 25.0 Å². The zero-order chi connectivity index (χ0) is 20.5. The van der Waals surface area contributed by atoms with E-state index in [1.54, 1.807) is 13.8 Å². The SMILES string of the molecule is CC(O)Cc1cc(Oc2cc(CC(C)O)c(Br)c(Br)c2Br)c(Br)c(Br)c1Br. The van der Waals surface area contributed by atoms with Gasteiger partial charge in [-0.05, 0) is 146 Å². The molecule has 0 spiro atoms. The van der Waals surface area contributed by atoms with Crippen molar-refractivity contribution in [3.05, 3.63) is 50.1 Å². The molecule has 2 unspecified atom stereocenters. The van der Waals surface area contributed by atoms with E-state index >= 15 is 0 Å². The number of hydrogen-bond acceptors (Lipinski definition) is 3. The summed E-state index contributed by atoms with van der Waals surface area (Å²) in [4.78, 5) is 0.